The maximum absolute atomic E-state index is 12.4. The molecular weight excluding hydrogens is 382 g/mol. The second-order valence-electron chi connectivity index (χ2n) is 6.22. The van der Waals surface area contributed by atoms with Gasteiger partial charge in [0.2, 0.25) is 0 Å². The van der Waals surface area contributed by atoms with Gasteiger partial charge in [-0.3, -0.25) is 4.79 Å². The summed E-state index contributed by atoms with van der Waals surface area (Å²) in [6, 6.07) is 19.8. The van der Waals surface area contributed by atoms with E-state index in [2.05, 4.69) is 5.32 Å². The van der Waals surface area contributed by atoms with E-state index in [1.54, 1.807) is 38.6 Å². The van der Waals surface area contributed by atoms with Crippen molar-refractivity contribution < 1.29 is 23.7 Å². The molecule has 6 nitrogen and oxygen atoms in total. The summed E-state index contributed by atoms with van der Waals surface area (Å²) in [5, 5.41) is 3.07. The van der Waals surface area contributed by atoms with Gasteiger partial charge in [0, 0.05) is 29.6 Å². The molecule has 6 heteroatoms. The lowest BCUT2D eigenvalue weighted by atomic mass is 10.1. The van der Waals surface area contributed by atoms with E-state index in [9.17, 15) is 4.79 Å². The first-order chi connectivity index (χ1) is 14.6. The van der Waals surface area contributed by atoms with E-state index in [1.165, 1.54) is 13.2 Å². The Labute approximate surface area is 175 Å². The summed E-state index contributed by atoms with van der Waals surface area (Å²) in [5.74, 6) is 3.05. The van der Waals surface area contributed by atoms with Crippen LogP contribution in [0.15, 0.2) is 79.0 Å². The number of benzene rings is 3. The molecule has 0 radical (unpaired) electrons. The van der Waals surface area contributed by atoms with Crippen molar-refractivity contribution >= 4 is 11.5 Å². The van der Waals surface area contributed by atoms with Crippen LogP contribution >= 0.6 is 0 Å². The van der Waals surface area contributed by atoms with E-state index in [0.717, 1.165) is 11.4 Å². The standard InChI is InChI=1S/C24H23NO5/c1-27-20-5-4-6-21(16-20)30-19-10-8-18(9-11-19)25-14-13-22(26)17-7-12-23(28-2)24(15-17)29-3/h4-16,25H,1-3H3/b14-13+. The van der Waals surface area contributed by atoms with E-state index in [-0.39, 0.29) is 5.78 Å². The van der Waals surface area contributed by atoms with Gasteiger partial charge in [0.25, 0.3) is 0 Å². The topological polar surface area (TPSA) is 66.0 Å². The zero-order chi connectivity index (χ0) is 21.3. The number of carbonyl (C=O) groups excluding carboxylic acids is 1. The van der Waals surface area contributed by atoms with Gasteiger partial charge < -0.3 is 24.3 Å². The van der Waals surface area contributed by atoms with E-state index in [0.29, 0.717) is 28.6 Å². The SMILES string of the molecule is COc1cccc(Oc2ccc(N/C=C/C(=O)c3ccc(OC)c(OC)c3)cc2)c1. The molecule has 0 amide bonds. The first-order valence-corrected chi connectivity index (χ1v) is 9.24. The highest BCUT2D eigenvalue weighted by Gasteiger charge is 2.08. The fourth-order valence-corrected chi connectivity index (χ4v) is 2.72. The minimum Gasteiger partial charge on any atom is -0.497 e. The Hall–Kier alpha value is -3.93. The second-order valence-corrected chi connectivity index (χ2v) is 6.22. The van der Waals surface area contributed by atoms with Gasteiger partial charge in [-0.2, -0.15) is 0 Å². The average molecular weight is 405 g/mol. The molecule has 30 heavy (non-hydrogen) atoms. The molecule has 0 heterocycles. The Morgan fingerprint density at radius 2 is 1.50 bits per heavy atom. The molecule has 0 saturated carbocycles. The van der Waals surface area contributed by atoms with Crippen molar-refractivity contribution in [2.24, 2.45) is 0 Å². The second kappa shape index (κ2) is 10.0. The lowest BCUT2D eigenvalue weighted by molar-refractivity contribution is 0.104. The molecule has 0 fully saturated rings. The normalized spacial score (nSPS) is 10.5. The summed E-state index contributed by atoms with van der Waals surface area (Å²) in [6.07, 6.45) is 3.05. The van der Waals surface area contributed by atoms with Gasteiger partial charge in [0.05, 0.1) is 21.3 Å². The number of methoxy groups -OCH3 is 3. The number of hydrogen-bond acceptors (Lipinski definition) is 6. The van der Waals surface area contributed by atoms with Gasteiger partial charge in [0.15, 0.2) is 17.3 Å². The van der Waals surface area contributed by atoms with E-state index < -0.39 is 0 Å². The third-order valence-electron chi connectivity index (χ3n) is 4.28. The number of allylic oxidation sites excluding steroid dienone is 1. The summed E-state index contributed by atoms with van der Waals surface area (Å²) in [5.41, 5.74) is 1.33. The van der Waals surface area contributed by atoms with E-state index in [1.807, 2.05) is 48.5 Å². The van der Waals surface area contributed by atoms with Crippen molar-refractivity contribution in [3.05, 3.63) is 84.6 Å². The predicted molar refractivity (Wildman–Crippen MR) is 116 cm³/mol. The predicted octanol–water partition coefficient (Wildman–Crippen LogP) is 5.31. The minimum atomic E-state index is -0.151. The summed E-state index contributed by atoms with van der Waals surface area (Å²) in [7, 11) is 4.70. The quantitative estimate of drug-likeness (QED) is 0.384. The highest BCUT2D eigenvalue weighted by atomic mass is 16.5. The summed E-state index contributed by atoms with van der Waals surface area (Å²) in [4.78, 5) is 12.4. The Morgan fingerprint density at radius 1 is 0.767 bits per heavy atom. The zero-order valence-corrected chi connectivity index (χ0v) is 17.0. The minimum absolute atomic E-state index is 0.151. The molecular formula is C24H23NO5. The van der Waals surface area contributed by atoms with Crippen LogP contribution in [-0.2, 0) is 0 Å². The van der Waals surface area contributed by atoms with Crippen LogP contribution in [0.4, 0.5) is 5.69 Å². The lowest BCUT2D eigenvalue weighted by Gasteiger charge is -2.08. The first kappa shape index (κ1) is 20.8. The van der Waals surface area contributed by atoms with E-state index in [4.69, 9.17) is 18.9 Å². The molecule has 0 aliphatic rings. The molecule has 3 rings (SSSR count). The van der Waals surface area contributed by atoms with E-state index >= 15 is 0 Å². The van der Waals surface area contributed by atoms with Gasteiger partial charge in [-0.05, 0) is 54.6 Å². The first-order valence-electron chi connectivity index (χ1n) is 9.24. The van der Waals surface area contributed by atoms with Crippen molar-refractivity contribution in [1.82, 2.24) is 0 Å². The highest BCUT2D eigenvalue weighted by molar-refractivity contribution is 6.05. The Balaban J connectivity index is 1.59. The van der Waals surface area contributed by atoms with Crippen LogP contribution in [0.25, 0.3) is 0 Å². The van der Waals surface area contributed by atoms with Crippen molar-refractivity contribution in [2.75, 3.05) is 26.6 Å². The maximum Gasteiger partial charge on any atom is 0.187 e. The monoisotopic (exact) mass is 405 g/mol. The molecule has 0 bridgehead atoms. The Morgan fingerprint density at radius 3 is 2.20 bits per heavy atom. The zero-order valence-electron chi connectivity index (χ0n) is 17.0. The third-order valence-corrected chi connectivity index (χ3v) is 4.28. The Bertz CT molecular complexity index is 1030. The van der Waals surface area contributed by atoms with Gasteiger partial charge in [-0.25, -0.2) is 0 Å². The molecule has 3 aromatic rings. The van der Waals surface area contributed by atoms with Crippen molar-refractivity contribution in [3.63, 3.8) is 0 Å². The van der Waals surface area contributed by atoms with Crippen molar-refractivity contribution in [2.45, 2.75) is 0 Å². The molecule has 0 spiro atoms. The van der Waals surface area contributed by atoms with Crippen LogP contribution in [0.3, 0.4) is 0 Å². The van der Waals surface area contributed by atoms with Crippen LogP contribution in [0.2, 0.25) is 0 Å². The van der Waals surface area contributed by atoms with Crippen LogP contribution in [-0.4, -0.2) is 27.1 Å². The molecule has 0 unspecified atom stereocenters. The third kappa shape index (κ3) is 5.32. The number of anilines is 1. The molecule has 3 aromatic carbocycles. The summed E-state index contributed by atoms with van der Waals surface area (Å²) < 4.78 is 21.4. The highest BCUT2D eigenvalue weighted by Crippen LogP contribution is 2.28. The van der Waals surface area contributed by atoms with Crippen LogP contribution < -0.4 is 24.3 Å². The fraction of sp³-hybridized carbons (Fsp3) is 0.125. The summed E-state index contributed by atoms with van der Waals surface area (Å²) >= 11 is 0. The average Bonchev–Trinajstić information content (AvgIpc) is 2.79. The molecule has 0 atom stereocenters. The lowest BCUT2D eigenvalue weighted by Crippen LogP contribution is -1.98. The number of rotatable bonds is 9. The number of carbonyl (C=O) groups is 1. The smallest absolute Gasteiger partial charge is 0.187 e. The molecule has 0 aliphatic carbocycles. The Kier molecular flexibility index (Phi) is 6.95. The van der Waals surface area contributed by atoms with Gasteiger partial charge in [-0.15, -0.1) is 0 Å². The molecule has 0 saturated heterocycles. The molecule has 0 aromatic heterocycles. The molecule has 1 N–H and O–H groups in total. The summed E-state index contributed by atoms with van der Waals surface area (Å²) in [6.45, 7) is 0. The van der Waals surface area contributed by atoms with Crippen molar-refractivity contribution in [3.8, 4) is 28.7 Å². The number of hydrogen-bond donors (Lipinski definition) is 1. The molecule has 0 aliphatic heterocycles. The van der Waals surface area contributed by atoms with Crippen LogP contribution in [0.1, 0.15) is 10.4 Å². The molecule has 154 valence electrons. The number of nitrogens with one attached hydrogen (secondary N) is 1. The van der Waals surface area contributed by atoms with Gasteiger partial charge in [-0.1, -0.05) is 6.07 Å². The van der Waals surface area contributed by atoms with Crippen molar-refractivity contribution in [1.29, 1.82) is 0 Å². The maximum atomic E-state index is 12.4. The van der Waals surface area contributed by atoms with Gasteiger partial charge in [0.1, 0.15) is 17.2 Å². The fourth-order valence-electron chi connectivity index (χ4n) is 2.72. The van der Waals surface area contributed by atoms with Crippen LogP contribution in [0, 0.1) is 0 Å². The largest absolute Gasteiger partial charge is 0.497 e. The van der Waals surface area contributed by atoms with Gasteiger partial charge >= 0.3 is 0 Å². The van der Waals surface area contributed by atoms with Crippen LogP contribution in [0.5, 0.6) is 28.7 Å². The number of ketones is 1. The number of ether oxygens (including phenoxy) is 4.